The summed E-state index contributed by atoms with van der Waals surface area (Å²) in [6.07, 6.45) is 0.931. The molecule has 0 bridgehead atoms. The van der Waals surface area contributed by atoms with Crippen molar-refractivity contribution >= 4 is 33.5 Å². The van der Waals surface area contributed by atoms with E-state index in [-0.39, 0.29) is 12.0 Å². The lowest BCUT2D eigenvalue weighted by Gasteiger charge is -2.21. The average Bonchev–Trinajstić information content (AvgIpc) is 2.39. The molecule has 1 rings (SSSR count). The van der Waals surface area contributed by atoms with Gasteiger partial charge in [-0.2, -0.15) is 0 Å². The standard InChI is InChI=1S/C14H19BrClNO2/c1-4-9(3)17-13(14(18)19-5-2)10-6-7-11(15)12(16)8-10/h6-9,13,17H,4-5H2,1-3H3. The Bertz CT molecular complexity index is 439. The van der Waals surface area contributed by atoms with Gasteiger partial charge in [0.1, 0.15) is 6.04 Å². The zero-order valence-corrected chi connectivity index (χ0v) is 13.7. The highest BCUT2D eigenvalue weighted by Gasteiger charge is 2.23. The Morgan fingerprint density at radius 1 is 1.47 bits per heavy atom. The number of halogens is 2. The summed E-state index contributed by atoms with van der Waals surface area (Å²) in [7, 11) is 0. The molecule has 2 unspecified atom stereocenters. The molecule has 2 atom stereocenters. The van der Waals surface area contributed by atoms with E-state index in [9.17, 15) is 4.79 Å². The maximum atomic E-state index is 12.1. The molecule has 0 saturated heterocycles. The molecular formula is C14H19BrClNO2. The lowest BCUT2D eigenvalue weighted by molar-refractivity contribution is -0.146. The SMILES string of the molecule is CCOC(=O)C(NC(C)CC)c1ccc(Br)c(Cl)c1. The van der Waals surface area contributed by atoms with Crippen LogP contribution in [0.1, 0.15) is 38.8 Å². The van der Waals surface area contributed by atoms with Crippen LogP contribution in [-0.2, 0) is 9.53 Å². The molecule has 0 saturated carbocycles. The molecule has 5 heteroatoms. The van der Waals surface area contributed by atoms with Crippen molar-refractivity contribution in [3.05, 3.63) is 33.3 Å². The zero-order valence-electron chi connectivity index (χ0n) is 11.4. The first kappa shape index (κ1) is 16.5. The van der Waals surface area contributed by atoms with E-state index in [0.717, 1.165) is 16.5 Å². The number of carbonyl (C=O) groups excluding carboxylic acids is 1. The minimum absolute atomic E-state index is 0.219. The highest BCUT2D eigenvalue weighted by molar-refractivity contribution is 9.10. The Labute approximate surface area is 127 Å². The summed E-state index contributed by atoms with van der Waals surface area (Å²) in [5, 5.41) is 3.85. The number of carbonyl (C=O) groups is 1. The van der Waals surface area contributed by atoms with Crippen molar-refractivity contribution in [1.82, 2.24) is 5.32 Å². The van der Waals surface area contributed by atoms with Crippen LogP contribution in [0.5, 0.6) is 0 Å². The Balaban J connectivity index is 3.00. The third kappa shape index (κ3) is 4.79. The first-order chi connectivity index (χ1) is 8.99. The smallest absolute Gasteiger partial charge is 0.327 e. The number of benzene rings is 1. The van der Waals surface area contributed by atoms with E-state index >= 15 is 0 Å². The molecule has 0 amide bonds. The van der Waals surface area contributed by atoms with E-state index in [2.05, 4.69) is 28.2 Å². The van der Waals surface area contributed by atoms with Crippen molar-refractivity contribution in [2.75, 3.05) is 6.61 Å². The number of esters is 1. The van der Waals surface area contributed by atoms with Crippen LogP contribution < -0.4 is 5.32 Å². The van der Waals surface area contributed by atoms with E-state index in [1.165, 1.54) is 0 Å². The second-order valence-corrected chi connectivity index (χ2v) is 5.60. The van der Waals surface area contributed by atoms with Crippen molar-refractivity contribution < 1.29 is 9.53 Å². The van der Waals surface area contributed by atoms with Gasteiger partial charge in [0.15, 0.2) is 0 Å². The second kappa shape index (κ2) is 7.88. The van der Waals surface area contributed by atoms with Gasteiger partial charge in [-0.3, -0.25) is 5.32 Å². The quantitative estimate of drug-likeness (QED) is 0.787. The number of hydrogen-bond donors (Lipinski definition) is 1. The fraction of sp³-hybridized carbons (Fsp3) is 0.500. The minimum atomic E-state index is -0.486. The average molecular weight is 349 g/mol. The summed E-state index contributed by atoms with van der Waals surface area (Å²) in [6.45, 7) is 6.26. The Morgan fingerprint density at radius 2 is 2.16 bits per heavy atom. The highest BCUT2D eigenvalue weighted by atomic mass is 79.9. The van der Waals surface area contributed by atoms with Gasteiger partial charge in [0.25, 0.3) is 0 Å². The van der Waals surface area contributed by atoms with Gasteiger partial charge in [-0.25, -0.2) is 4.79 Å². The Hall–Kier alpha value is -0.580. The van der Waals surface area contributed by atoms with Gasteiger partial charge in [0.2, 0.25) is 0 Å². The van der Waals surface area contributed by atoms with Gasteiger partial charge in [0, 0.05) is 10.5 Å². The largest absolute Gasteiger partial charge is 0.465 e. The molecule has 106 valence electrons. The van der Waals surface area contributed by atoms with Crippen LogP contribution in [0.15, 0.2) is 22.7 Å². The number of rotatable bonds is 6. The van der Waals surface area contributed by atoms with E-state index in [4.69, 9.17) is 16.3 Å². The third-order valence-electron chi connectivity index (χ3n) is 2.86. The molecule has 1 aromatic carbocycles. The molecule has 3 nitrogen and oxygen atoms in total. The summed E-state index contributed by atoms with van der Waals surface area (Å²) >= 11 is 9.43. The highest BCUT2D eigenvalue weighted by Crippen LogP contribution is 2.27. The molecule has 0 spiro atoms. The summed E-state index contributed by atoms with van der Waals surface area (Å²) in [4.78, 5) is 12.1. The molecule has 19 heavy (non-hydrogen) atoms. The predicted octanol–water partition coefficient (Wildman–Crippen LogP) is 4.09. The molecule has 0 fully saturated rings. The van der Waals surface area contributed by atoms with Gasteiger partial charge in [-0.05, 0) is 53.9 Å². The van der Waals surface area contributed by atoms with Crippen molar-refractivity contribution in [2.45, 2.75) is 39.3 Å². The normalized spacial score (nSPS) is 13.9. The Kier molecular flexibility index (Phi) is 6.83. The topological polar surface area (TPSA) is 38.3 Å². The molecule has 0 aliphatic rings. The van der Waals surface area contributed by atoms with Crippen molar-refractivity contribution in [3.63, 3.8) is 0 Å². The summed E-state index contributed by atoms with van der Waals surface area (Å²) < 4.78 is 5.93. The molecule has 0 aromatic heterocycles. The fourth-order valence-corrected chi connectivity index (χ4v) is 2.06. The number of nitrogens with one attached hydrogen (secondary N) is 1. The van der Waals surface area contributed by atoms with Gasteiger partial charge in [-0.1, -0.05) is 24.6 Å². The van der Waals surface area contributed by atoms with Crippen LogP contribution in [-0.4, -0.2) is 18.6 Å². The zero-order chi connectivity index (χ0) is 14.4. The maximum Gasteiger partial charge on any atom is 0.327 e. The second-order valence-electron chi connectivity index (χ2n) is 4.33. The molecule has 0 aliphatic heterocycles. The fourth-order valence-electron chi connectivity index (χ4n) is 1.62. The molecular weight excluding hydrogens is 330 g/mol. The minimum Gasteiger partial charge on any atom is -0.465 e. The summed E-state index contributed by atoms with van der Waals surface area (Å²) in [5.74, 6) is -0.277. The van der Waals surface area contributed by atoms with Crippen molar-refractivity contribution in [3.8, 4) is 0 Å². The first-order valence-electron chi connectivity index (χ1n) is 6.37. The van der Waals surface area contributed by atoms with E-state index in [1.54, 1.807) is 13.0 Å². The molecule has 0 heterocycles. The number of hydrogen-bond acceptors (Lipinski definition) is 3. The predicted molar refractivity (Wildman–Crippen MR) is 81.4 cm³/mol. The van der Waals surface area contributed by atoms with Crippen molar-refractivity contribution in [2.24, 2.45) is 0 Å². The maximum absolute atomic E-state index is 12.1. The summed E-state index contributed by atoms with van der Waals surface area (Å²) in [6, 6.07) is 5.22. The van der Waals surface area contributed by atoms with E-state index < -0.39 is 6.04 Å². The van der Waals surface area contributed by atoms with Crippen LogP contribution in [0.2, 0.25) is 5.02 Å². The molecule has 1 aromatic rings. The monoisotopic (exact) mass is 347 g/mol. The van der Waals surface area contributed by atoms with Crippen LogP contribution in [0.4, 0.5) is 0 Å². The first-order valence-corrected chi connectivity index (χ1v) is 7.54. The van der Waals surface area contributed by atoms with Crippen LogP contribution in [0.3, 0.4) is 0 Å². The van der Waals surface area contributed by atoms with Crippen molar-refractivity contribution in [1.29, 1.82) is 0 Å². The third-order valence-corrected chi connectivity index (χ3v) is 4.10. The Morgan fingerprint density at radius 3 is 2.68 bits per heavy atom. The van der Waals surface area contributed by atoms with E-state index in [1.807, 2.05) is 19.1 Å². The summed E-state index contributed by atoms with van der Waals surface area (Å²) in [5.41, 5.74) is 0.812. The van der Waals surface area contributed by atoms with Crippen LogP contribution in [0, 0.1) is 0 Å². The van der Waals surface area contributed by atoms with Crippen LogP contribution in [0.25, 0.3) is 0 Å². The lowest BCUT2D eigenvalue weighted by atomic mass is 10.1. The number of ether oxygens (including phenoxy) is 1. The molecule has 1 N–H and O–H groups in total. The molecule has 0 aliphatic carbocycles. The van der Waals surface area contributed by atoms with E-state index in [0.29, 0.717) is 11.6 Å². The van der Waals surface area contributed by atoms with Crippen LogP contribution >= 0.6 is 27.5 Å². The van der Waals surface area contributed by atoms with Gasteiger partial charge >= 0.3 is 5.97 Å². The van der Waals surface area contributed by atoms with Gasteiger partial charge < -0.3 is 4.74 Å². The van der Waals surface area contributed by atoms with Gasteiger partial charge in [0.05, 0.1) is 11.6 Å². The van der Waals surface area contributed by atoms with Gasteiger partial charge in [-0.15, -0.1) is 0 Å². The molecule has 0 radical (unpaired) electrons. The lowest BCUT2D eigenvalue weighted by Crippen LogP contribution is -2.36.